The molecule has 0 rings (SSSR count). The molecule has 0 saturated carbocycles. The van der Waals surface area contributed by atoms with E-state index in [4.69, 9.17) is 10.5 Å². The molecule has 0 unspecified atom stereocenters. The van der Waals surface area contributed by atoms with Crippen molar-refractivity contribution in [1.82, 2.24) is 0 Å². The Morgan fingerprint density at radius 2 is 1.85 bits per heavy atom. The Morgan fingerprint density at radius 3 is 2.23 bits per heavy atom. The van der Waals surface area contributed by atoms with Gasteiger partial charge in [-0.25, -0.2) is 0 Å². The van der Waals surface area contributed by atoms with Gasteiger partial charge in [0, 0.05) is 0 Å². The lowest BCUT2D eigenvalue weighted by Gasteiger charge is -2.19. The van der Waals surface area contributed by atoms with Gasteiger partial charge in [0.25, 0.3) is 0 Å². The molecule has 2 N–H and O–H groups in total. The maximum absolute atomic E-state index is 11.0. The number of ether oxygens (including phenoxy) is 1. The van der Waals surface area contributed by atoms with Crippen molar-refractivity contribution >= 4 is 23.6 Å². The summed E-state index contributed by atoms with van der Waals surface area (Å²) < 4.78 is 5.01. The molecule has 0 saturated heterocycles. The molecule has 0 aromatic heterocycles. The molecule has 0 aliphatic heterocycles. The smallest absolute Gasteiger partial charge is 0.316 e. The molecule has 5 heteroatoms. The maximum atomic E-state index is 11.0. The van der Waals surface area contributed by atoms with Crippen LogP contribution in [0.4, 0.5) is 0 Å². The number of carbonyl (C=O) groups is 2. The topological polar surface area (TPSA) is 69.4 Å². The number of esters is 1. The highest BCUT2D eigenvalue weighted by atomic mass is 32.2. The molecule has 0 heterocycles. The lowest BCUT2D eigenvalue weighted by molar-refractivity contribution is -0.151. The molecule has 0 bridgehead atoms. The van der Waals surface area contributed by atoms with Gasteiger partial charge in [0.05, 0.1) is 11.5 Å². The minimum atomic E-state index is -0.468. The SMILES string of the molecule is CC(C)(C)OC(=O)CSCC(N)=O. The summed E-state index contributed by atoms with van der Waals surface area (Å²) in [7, 11) is 0. The highest BCUT2D eigenvalue weighted by Gasteiger charge is 2.15. The van der Waals surface area contributed by atoms with E-state index in [9.17, 15) is 9.59 Å². The highest BCUT2D eigenvalue weighted by molar-refractivity contribution is 8.00. The van der Waals surface area contributed by atoms with E-state index in [0.717, 1.165) is 11.8 Å². The second kappa shape index (κ2) is 5.11. The van der Waals surface area contributed by atoms with Crippen LogP contribution in [0, 0.1) is 0 Å². The van der Waals surface area contributed by atoms with E-state index in [1.165, 1.54) is 0 Å². The molecule has 1 amide bonds. The minimum Gasteiger partial charge on any atom is -0.459 e. The first-order chi connectivity index (χ1) is 5.81. The second-order valence-corrected chi connectivity index (χ2v) is 4.53. The Hall–Kier alpha value is -0.710. The van der Waals surface area contributed by atoms with Crippen LogP contribution in [0.1, 0.15) is 20.8 Å². The van der Waals surface area contributed by atoms with Crippen LogP contribution in [0.3, 0.4) is 0 Å². The molecule has 13 heavy (non-hydrogen) atoms. The Bertz CT molecular complexity index is 198. The average Bonchev–Trinajstić information content (AvgIpc) is 1.81. The molecule has 0 atom stereocenters. The Morgan fingerprint density at radius 1 is 1.31 bits per heavy atom. The van der Waals surface area contributed by atoms with Crippen molar-refractivity contribution in [2.24, 2.45) is 5.73 Å². The molecule has 76 valence electrons. The molecular formula is C8H15NO3S. The second-order valence-electron chi connectivity index (χ2n) is 3.55. The molecule has 0 radical (unpaired) electrons. The summed E-state index contributed by atoms with van der Waals surface area (Å²) in [5.41, 5.74) is 4.43. The van der Waals surface area contributed by atoms with E-state index in [1.807, 2.05) is 0 Å². The fraction of sp³-hybridized carbons (Fsp3) is 0.750. The first-order valence-corrected chi connectivity index (χ1v) is 5.04. The first kappa shape index (κ1) is 12.3. The molecule has 4 nitrogen and oxygen atoms in total. The quantitative estimate of drug-likeness (QED) is 0.680. The van der Waals surface area contributed by atoms with E-state index in [1.54, 1.807) is 20.8 Å². The fourth-order valence-electron chi connectivity index (χ4n) is 0.606. The zero-order chi connectivity index (χ0) is 10.5. The van der Waals surface area contributed by atoms with E-state index >= 15 is 0 Å². The van der Waals surface area contributed by atoms with Crippen molar-refractivity contribution in [2.75, 3.05) is 11.5 Å². The van der Waals surface area contributed by atoms with Crippen LogP contribution >= 0.6 is 11.8 Å². The van der Waals surface area contributed by atoms with E-state index in [-0.39, 0.29) is 17.5 Å². The van der Waals surface area contributed by atoms with Crippen LogP contribution in [0.2, 0.25) is 0 Å². The number of carbonyl (C=O) groups excluding carboxylic acids is 2. The molecular weight excluding hydrogens is 190 g/mol. The zero-order valence-corrected chi connectivity index (χ0v) is 8.94. The summed E-state index contributed by atoms with van der Waals surface area (Å²) in [5.74, 6) is -0.424. The van der Waals surface area contributed by atoms with Gasteiger partial charge in [0.2, 0.25) is 5.91 Å². The van der Waals surface area contributed by atoms with Crippen LogP contribution < -0.4 is 5.73 Å². The van der Waals surface area contributed by atoms with E-state index in [2.05, 4.69) is 0 Å². The minimum absolute atomic E-state index is 0.152. The summed E-state index contributed by atoms with van der Waals surface area (Å²) in [6.07, 6.45) is 0. The Balaban J connectivity index is 3.59. The number of rotatable bonds is 4. The van der Waals surface area contributed by atoms with Gasteiger partial charge in [-0.3, -0.25) is 9.59 Å². The van der Waals surface area contributed by atoms with Crippen molar-refractivity contribution in [3.63, 3.8) is 0 Å². The zero-order valence-electron chi connectivity index (χ0n) is 8.12. The number of amides is 1. The monoisotopic (exact) mass is 205 g/mol. The van der Waals surface area contributed by atoms with Gasteiger partial charge in [0.15, 0.2) is 0 Å². The number of nitrogens with two attached hydrogens (primary N) is 1. The fourth-order valence-corrected chi connectivity index (χ4v) is 1.13. The lowest BCUT2D eigenvalue weighted by atomic mass is 10.2. The molecule has 0 fully saturated rings. The van der Waals surface area contributed by atoms with E-state index < -0.39 is 11.5 Å². The van der Waals surface area contributed by atoms with Crippen molar-refractivity contribution in [2.45, 2.75) is 26.4 Å². The predicted octanol–water partition coefficient (Wildman–Crippen LogP) is 0.547. The molecule has 0 aromatic rings. The van der Waals surface area contributed by atoms with Crippen LogP contribution in [0.5, 0.6) is 0 Å². The molecule has 0 aliphatic rings. The lowest BCUT2D eigenvalue weighted by Crippen LogP contribution is -2.25. The summed E-state index contributed by atoms with van der Waals surface area (Å²) in [6, 6.07) is 0. The van der Waals surface area contributed by atoms with E-state index in [0.29, 0.717) is 0 Å². The molecule has 0 aliphatic carbocycles. The van der Waals surface area contributed by atoms with Crippen LogP contribution in [-0.2, 0) is 14.3 Å². The number of hydrogen-bond acceptors (Lipinski definition) is 4. The largest absolute Gasteiger partial charge is 0.459 e. The predicted molar refractivity (Wildman–Crippen MR) is 52.4 cm³/mol. The van der Waals surface area contributed by atoms with Crippen molar-refractivity contribution in [3.05, 3.63) is 0 Å². The van der Waals surface area contributed by atoms with Crippen LogP contribution in [-0.4, -0.2) is 29.0 Å². The normalized spacial score (nSPS) is 11.0. The van der Waals surface area contributed by atoms with Gasteiger partial charge in [-0.05, 0) is 20.8 Å². The number of primary amides is 1. The van der Waals surface area contributed by atoms with Crippen LogP contribution in [0.25, 0.3) is 0 Å². The third-order valence-corrected chi connectivity index (χ3v) is 1.81. The van der Waals surface area contributed by atoms with Gasteiger partial charge in [-0.2, -0.15) is 0 Å². The standard InChI is InChI=1S/C8H15NO3S/c1-8(2,3)12-7(11)5-13-4-6(9)10/h4-5H2,1-3H3,(H2,9,10). The first-order valence-electron chi connectivity index (χ1n) is 3.89. The number of hydrogen-bond donors (Lipinski definition) is 1. The van der Waals surface area contributed by atoms with Crippen LogP contribution in [0.15, 0.2) is 0 Å². The average molecular weight is 205 g/mol. The summed E-state index contributed by atoms with van der Waals surface area (Å²) >= 11 is 1.16. The summed E-state index contributed by atoms with van der Waals surface area (Å²) in [5, 5.41) is 0. The van der Waals surface area contributed by atoms with Crippen molar-refractivity contribution < 1.29 is 14.3 Å². The third-order valence-electron chi connectivity index (χ3n) is 0.884. The van der Waals surface area contributed by atoms with Gasteiger partial charge in [-0.1, -0.05) is 0 Å². The molecule has 0 spiro atoms. The summed E-state index contributed by atoms with van der Waals surface area (Å²) in [4.78, 5) is 21.4. The summed E-state index contributed by atoms with van der Waals surface area (Å²) in [6.45, 7) is 5.39. The third kappa shape index (κ3) is 9.20. The van der Waals surface area contributed by atoms with Gasteiger partial charge >= 0.3 is 5.97 Å². The van der Waals surface area contributed by atoms with Crippen molar-refractivity contribution in [3.8, 4) is 0 Å². The highest BCUT2D eigenvalue weighted by Crippen LogP contribution is 2.09. The van der Waals surface area contributed by atoms with Gasteiger partial charge in [-0.15, -0.1) is 11.8 Å². The van der Waals surface area contributed by atoms with Gasteiger partial charge in [0.1, 0.15) is 5.60 Å². The Kier molecular flexibility index (Phi) is 4.83. The number of thioether (sulfide) groups is 1. The van der Waals surface area contributed by atoms with Crippen molar-refractivity contribution in [1.29, 1.82) is 0 Å². The van der Waals surface area contributed by atoms with Gasteiger partial charge < -0.3 is 10.5 Å². The maximum Gasteiger partial charge on any atom is 0.316 e. The Labute approximate surface area is 82.2 Å². The molecule has 0 aromatic carbocycles.